The van der Waals surface area contributed by atoms with Gasteiger partial charge >= 0.3 is 5.97 Å². The molecule has 1 fully saturated rings. The zero-order valence-electron chi connectivity index (χ0n) is 12.2. The van der Waals surface area contributed by atoms with Gasteiger partial charge in [-0.3, -0.25) is 4.79 Å². The van der Waals surface area contributed by atoms with E-state index in [1.54, 1.807) is 0 Å². The van der Waals surface area contributed by atoms with Crippen LogP contribution in [0.5, 0.6) is 5.75 Å². The number of carbonyl (C=O) groups is 1. The highest BCUT2D eigenvalue weighted by Gasteiger charge is 2.31. The summed E-state index contributed by atoms with van der Waals surface area (Å²) in [7, 11) is -2.52. The highest BCUT2D eigenvalue weighted by atomic mass is 32.2. The number of piperidine rings is 1. The van der Waals surface area contributed by atoms with Gasteiger partial charge in [0.2, 0.25) is 10.0 Å². The van der Waals surface area contributed by atoms with Crippen LogP contribution in [-0.4, -0.2) is 44.0 Å². The van der Waals surface area contributed by atoms with Gasteiger partial charge in [-0.1, -0.05) is 0 Å². The van der Waals surface area contributed by atoms with E-state index in [-0.39, 0.29) is 29.5 Å². The van der Waals surface area contributed by atoms with Crippen LogP contribution in [0.1, 0.15) is 19.3 Å². The SMILES string of the molecule is COc1cc(S(=O)(=O)N2CCCC(CC(=O)O)C2)ccc1F. The van der Waals surface area contributed by atoms with E-state index in [9.17, 15) is 17.6 Å². The summed E-state index contributed by atoms with van der Waals surface area (Å²) >= 11 is 0. The van der Waals surface area contributed by atoms with Gasteiger partial charge in [0.05, 0.1) is 12.0 Å². The molecule has 8 heteroatoms. The van der Waals surface area contributed by atoms with E-state index in [0.717, 1.165) is 12.1 Å². The third-order valence-corrected chi connectivity index (χ3v) is 5.57. The lowest BCUT2D eigenvalue weighted by Gasteiger charge is -2.31. The molecule has 1 heterocycles. The van der Waals surface area contributed by atoms with Gasteiger partial charge in [0.25, 0.3) is 0 Å². The predicted octanol–water partition coefficient (Wildman–Crippen LogP) is 1.71. The van der Waals surface area contributed by atoms with Crippen molar-refractivity contribution in [2.45, 2.75) is 24.2 Å². The summed E-state index contributed by atoms with van der Waals surface area (Å²) in [4.78, 5) is 10.7. The largest absolute Gasteiger partial charge is 0.494 e. The van der Waals surface area contributed by atoms with E-state index in [4.69, 9.17) is 9.84 Å². The van der Waals surface area contributed by atoms with Gasteiger partial charge in [-0.15, -0.1) is 0 Å². The minimum absolute atomic E-state index is 0.0540. The first-order valence-electron chi connectivity index (χ1n) is 6.90. The molecule has 1 aliphatic heterocycles. The van der Waals surface area contributed by atoms with Crippen molar-refractivity contribution in [1.82, 2.24) is 4.31 Å². The maximum Gasteiger partial charge on any atom is 0.303 e. The average molecular weight is 331 g/mol. The van der Waals surface area contributed by atoms with Crippen molar-refractivity contribution in [1.29, 1.82) is 0 Å². The number of rotatable bonds is 5. The molecule has 1 aromatic rings. The predicted molar refractivity (Wildman–Crippen MR) is 76.7 cm³/mol. The Morgan fingerprint density at radius 1 is 1.50 bits per heavy atom. The van der Waals surface area contributed by atoms with E-state index in [1.165, 1.54) is 17.5 Å². The topological polar surface area (TPSA) is 83.9 Å². The lowest BCUT2D eigenvalue weighted by molar-refractivity contribution is -0.138. The van der Waals surface area contributed by atoms with Crippen LogP contribution in [0, 0.1) is 11.7 Å². The van der Waals surface area contributed by atoms with E-state index in [0.29, 0.717) is 19.4 Å². The van der Waals surface area contributed by atoms with Gasteiger partial charge in [0.15, 0.2) is 11.6 Å². The number of nitrogens with zero attached hydrogens (tertiary/aromatic N) is 1. The summed E-state index contributed by atoms with van der Waals surface area (Å²) in [6.07, 6.45) is 1.24. The Bertz CT molecular complexity index is 661. The molecule has 1 N–H and O–H groups in total. The maximum absolute atomic E-state index is 13.4. The summed E-state index contributed by atoms with van der Waals surface area (Å²) in [5, 5.41) is 8.84. The van der Waals surface area contributed by atoms with Gasteiger partial charge in [-0.25, -0.2) is 12.8 Å². The molecular formula is C14H18FNO5S. The lowest BCUT2D eigenvalue weighted by Crippen LogP contribution is -2.40. The second-order valence-corrected chi connectivity index (χ2v) is 7.20. The Labute approximate surface area is 128 Å². The number of benzene rings is 1. The minimum Gasteiger partial charge on any atom is -0.494 e. The molecule has 0 aromatic heterocycles. The molecule has 0 amide bonds. The van der Waals surface area contributed by atoms with Crippen LogP contribution in [0.25, 0.3) is 0 Å². The Kier molecular flexibility index (Phi) is 5.02. The van der Waals surface area contributed by atoms with Crippen molar-refractivity contribution in [3.63, 3.8) is 0 Å². The summed E-state index contributed by atoms with van der Waals surface area (Å²) in [5.41, 5.74) is 0. The van der Waals surface area contributed by atoms with Crippen LogP contribution >= 0.6 is 0 Å². The van der Waals surface area contributed by atoms with Crippen LogP contribution in [0.4, 0.5) is 4.39 Å². The standard InChI is InChI=1S/C14H18FNO5S/c1-21-13-8-11(4-5-12(13)15)22(19,20)16-6-2-3-10(9-16)7-14(17)18/h4-5,8,10H,2-3,6-7,9H2,1H3,(H,17,18). The molecule has 0 aliphatic carbocycles. The maximum atomic E-state index is 13.4. The quantitative estimate of drug-likeness (QED) is 0.888. The van der Waals surface area contributed by atoms with Crippen molar-refractivity contribution in [3.8, 4) is 5.75 Å². The highest BCUT2D eigenvalue weighted by Crippen LogP contribution is 2.28. The fraction of sp³-hybridized carbons (Fsp3) is 0.500. The zero-order chi connectivity index (χ0) is 16.3. The van der Waals surface area contributed by atoms with Gasteiger partial charge < -0.3 is 9.84 Å². The van der Waals surface area contributed by atoms with Gasteiger partial charge in [0.1, 0.15) is 0 Å². The number of sulfonamides is 1. The van der Waals surface area contributed by atoms with Crippen molar-refractivity contribution >= 4 is 16.0 Å². The molecule has 0 radical (unpaired) electrons. The van der Waals surface area contributed by atoms with Crippen LogP contribution < -0.4 is 4.74 Å². The fourth-order valence-electron chi connectivity index (χ4n) is 2.61. The third-order valence-electron chi connectivity index (χ3n) is 3.71. The van der Waals surface area contributed by atoms with Crippen LogP contribution in [0.15, 0.2) is 23.1 Å². The van der Waals surface area contributed by atoms with E-state index < -0.39 is 21.8 Å². The highest BCUT2D eigenvalue weighted by molar-refractivity contribution is 7.89. The Hall–Kier alpha value is -1.67. The molecule has 0 bridgehead atoms. The van der Waals surface area contributed by atoms with E-state index >= 15 is 0 Å². The second kappa shape index (κ2) is 6.62. The molecule has 1 aliphatic rings. The number of carboxylic acid groups (broad SMARTS) is 1. The lowest BCUT2D eigenvalue weighted by atomic mass is 9.96. The molecule has 122 valence electrons. The summed E-state index contributed by atoms with van der Waals surface area (Å²) in [6.45, 7) is 0.493. The molecule has 0 saturated carbocycles. The van der Waals surface area contributed by atoms with Crippen LogP contribution in [-0.2, 0) is 14.8 Å². The molecule has 1 unspecified atom stereocenters. The van der Waals surface area contributed by atoms with Crippen molar-refractivity contribution < 1.29 is 27.4 Å². The van der Waals surface area contributed by atoms with E-state index in [2.05, 4.69) is 0 Å². The smallest absolute Gasteiger partial charge is 0.303 e. The molecule has 22 heavy (non-hydrogen) atoms. The van der Waals surface area contributed by atoms with Crippen LogP contribution in [0.2, 0.25) is 0 Å². The summed E-state index contributed by atoms with van der Waals surface area (Å²) in [6, 6.07) is 3.38. The van der Waals surface area contributed by atoms with Gasteiger partial charge in [-0.2, -0.15) is 4.31 Å². The Balaban J connectivity index is 2.24. The van der Waals surface area contributed by atoms with Crippen molar-refractivity contribution in [2.24, 2.45) is 5.92 Å². The average Bonchev–Trinajstić information content (AvgIpc) is 2.47. The van der Waals surface area contributed by atoms with Crippen molar-refractivity contribution in [3.05, 3.63) is 24.0 Å². The summed E-state index contributed by atoms with van der Waals surface area (Å²) in [5.74, 6) is -1.92. The number of aliphatic carboxylic acids is 1. The second-order valence-electron chi connectivity index (χ2n) is 5.27. The van der Waals surface area contributed by atoms with Gasteiger partial charge in [0, 0.05) is 25.6 Å². The number of hydrogen-bond acceptors (Lipinski definition) is 4. The normalized spacial score (nSPS) is 19.8. The Morgan fingerprint density at radius 2 is 2.23 bits per heavy atom. The minimum atomic E-state index is -3.79. The molecule has 1 aromatic carbocycles. The zero-order valence-corrected chi connectivity index (χ0v) is 13.0. The molecule has 2 rings (SSSR count). The van der Waals surface area contributed by atoms with Gasteiger partial charge in [-0.05, 0) is 30.9 Å². The first-order valence-corrected chi connectivity index (χ1v) is 8.34. The number of ether oxygens (including phenoxy) is 1. The first kappa shape index (κ1) is 16.7. The molecule has 6 nitrogen and oxygen atoms in total. The molecule has 0 spiro atoms. The van der Waals surface area contributed by atoms with Crippen molar-refractivity contribution in [2.75, 3.05) is 20.2 Å². The molecule has 1 atom stereocenters. The fourth-order valence-corrected chi connectivity index (χ4v) is 4.18. The number of carboxylic acids is 1. The number of methoxy groups -OCH3 is 1. The molecule has 1 saturated heterocycles. The first-order chi connectivity index (χ1) is 10.3. The van der Waals surface area contributed by atoms with E-state index in [1.807, 2.05) is 0 Å². The number of hydrogen-bond donors (Lipinski definition) is 1. The Morgan fingerprint density at radius 3 is 2.86 bits per heavy atom. The summed E-state index contributed by atoms with van der Waals surface area (Å²) < 4.78 is 44.7. The number of halogens is 1. The third kappa shape index (κ3) is 3.56. The monoisotopic (exact) mass is 331 g/mol. The van der Waals surface area contributed by atoms with Crippen LogP contribution in [0.3, 0.4) is 0 Å². The molecular weight excluding hydrogens is 313 g/mol.